The van der Waals surface area contributed by atoms with Crippen molar-refractivity contribution < 1.29 is 4.57 Å². The van der Waals surface area contributed by atoms with Gasteiger partial charge in [0.1, 0.15) is 7.05 Å². The standard InChI is InChI=1S/C35H38NSi/c1-25-22-29(27-14-10-8-11-15-27)24-33(26(25)2)34-32-19-18-31(23-28(32)20-21-36(34)5)37(6,7)35(3,4)30-16-12-9-13-17-30/h8-24H,1-7H3/q+1. The molecule has 0 spiro atoms. The average Bonchev–Trinajstić information content (AvgIpc) is 2.91. The highest BCUT2D eigenvalue weighted by Gasteiger charge is 2.41. The summed E-state index contributed by atoms with van der Waals surface area (Å²) in [7, 11) is 0.315. The first kappa shape index (κ1) is 25.2. The minimum absolute atomic E-state index is 0.113. The Morgan fingerprint density at radius 3 is 2.03 bits per heavy atom. The van der Waals surface area contributed by atoms with Gasteiger partial charge in [0.25, 0.3) is 0 Å². The Labute approximate surface area is 223 Å². The van der Waals surface area contributed by atoms with E-state index in [-0.39, 0.29) is 5.04 Å². The van der Waals surface area contributed by atoms with E-state index >= 15 is 0 Å². The molecule has 0 radical (unpaired) electrons. The molecule has 1 nitrogen and oxygen atoms in total. The van der Waals surface area contributed by atoms with E-state index in [1.54, 1.807) is 0 Å². The maximum atomic E-state index is 2.52. The minimum atomic E-state index is -1.86. The average molecular weight is 501 g/mol. The van der Waals surface area contributed by atoms with Crippen molar-refractivity contribution in [3.8, 4) is 22.4 Å². The topological polar surface area (TPSA) is 3.88 Å². The summed E-state index contributed by atoms with van der Waals surface area (Å²) < 4.78 is 2.29. The van der Waals surface area contributed by atoms with E-state index in [0.717, 1.165) is 0 Å². The lowest BCUT2D eigenvalue weighted by molar-refractivity contribution is -0.659. The van der Waals surface area contributed by atoms with Gasteiger partial charge in [0.05, 0.1) is 19.0 Å². The maximum Gasteiger partial charge on any atom is 0.220 e. The first-order valence-corrected chi connectivity index (χ1v) is 16.3. The molecule has 0 N–H and O–H groups in total. The number of aromatic nitrogens is 1. The van der Waals surface area contributed by atoms with Crippen molar-refractivity contribution in [3.05, 3.63) is 120 Å². The SMILES string of the molecule is Cc1cc(-c2ccccc2)cc(-c2c3ccc([Si](C)(C)C(C)(C)c4ccccc4)cc3cc[n+]2C)c1C. The minimum Gasteiger partial charge on any atom is -0.200 e. The van der Waals surface area contributed by atoms with Crippen molar-refractivity contribution in [1.82, 2.24) is 0 Å². The van der Waals surface area contributed by atoms with Crippen LogP contribution in [0.3, 0.4) is 0 Å². The molecule has 0 aliphatic carbocycles. The first-order valence-electron chi connectivity index (χ1n) is 13.3. The summed E-state index contributed by atoms with van der Waals surface area (Å²) in [5.74, 6) is 0. The third-order valence-electron chi connectivity index (χ3n) is 8.95. The summed E-state index contributed by atoms with van der Waals surface area (Å²) in [6, 6.07) is 36.0. The second-order valence-electron chi connectivity index (χ2n) is 11.5. The van der Waals surface area contributed by atoms with E-state index in [2.05, 4.69) is 156 Å². The van der Waals surface area contributed by atoms with Crippen LogP contribution in [0.1, 0.15) is 30.5 Å². The van der Waals surface area contributed by atoms with E-state index in [0.29, 0.717) is 0 Å². The molecule has 5 aromatic rings. The van der Waals surface area contributed by atoms with Gasteiger partial charge in [0.15, 0.2) is 6.20 Å². The van der Waals surface area contributed by atoms with Gasteiger partial charge in [-0.1, -0.05) is 111 Å². The second kappa shape index (κ2) is 9.43. The number of hydrogen-bond acceptors (Lipinski definition) is 0. The zero-order valence-corrected chi connectivity index (χ0v) is 24.3. The molecule has 0 aliphatic heterocycles. The molecule has 0 fully saturated rings. The van der Waals surface area contributed by atoms with Crippen LogP contribution in [0.15, 0.2) is 103 Å². The molecule has 0 amide bonds. The number of pyridine rings is 1. The third kappa shape index (κ3) is 4.34. The molecular weight excluding hydrogens is 462 g/mol. The molecule has 37 heavy (non-hydrogen) atoms. The lowest BCUT2D eigenvalue weighted by Crippen LogP contribution is -2.57. The zero-order chi connectivity index (χ0) is 26.4. The van der Waals surface area contributed by atoms with Crippen molar-refractivity contribution in [2.24, 2.45) is 7.05 Å². The fourth-order valence-corrected chi connectivity index (χ4v) is 8.20. The predicted molar refractivity (Wildman–Crippen MR) is 162 cm³/mol. The van der Waals surface area contributed by atoms with Crippen LogP contribution in [0.4, 0.5) is 0 Å². The van der Waals surface area contributed by atoms with Crippen LogP contribution in [0.2, 0.25) is 13.1 Å². The Bertz CT molecular complexity index is 1580. The lowest BCUT2D eigenvalue weighted by Gasteiger charge is -2.41. The van der Waals surface area contributed by atoms with E-state index in [1.807, 2.05) is 0 Å². The van der Waals surface area contributed by atoms with Gasteiger partial charge in [0, 0.05) is 6.07 Å². The number of fused-ring (bicyclic) bond motifs is 1. The summed E-state index contributed by atoms with van der Waals surface area (Å²) in [5, 5.41) is 4.24. The molecule has 2 heteroatoms. The van der Waals surface area contributed by atoms with Crippen LogP contribution in [-0.4, -0.2) is 8.07 Å². The van der Waals surface area contributed by atoms with E-state index in [4.69, 9.17) is 0 Å². The Balaban J connectivity index is 1.67. The maximum absolute atomic E-state index is 2.52. The molecule has 0 saturated carbocycles. The molecule has 0 aliphatic rings. The predicted octanol–water partition coefficient (Wildman–Crippen LogP) is 8.05. The summed E-state index contributed by atoms with van der Waals surface area (Å²) >= 11 is 0. The lowest BCUT2D eigenvalue weighted by atomic mass is 9.92. The van der Waals surface area contributed by atoms with Gasteiger partial charge in [-0.25, -0.2) is 4.57 Å². The molecule has 5 rings (SSSR count). The molecule has 1 heterocycles. The highest BCUT2D eigenvalue weighted by Crippen LogP contribution is 2.36. The van der Waals surface area contributed by atoms with Gasteiger partial charge >= 0.3 is 0 Å². The Morgan fingerprint density at radius 2 is 1.35 bits per heavy atom. The largest absolute Gasteiger partial charge is 0.220 e. The van der Waals surface area contributed by atoms with E-state index < -0.39 is 8.07 Å². The van der Waals surface area contributed by atoms with E-state index in [1.165, 1.54) is 55.0 Å². The molecule has 1 aromatic heterocycles. The zero-order valence-electron chi connectivity index (χ0n) is 23.3. The normalized spacial score (nSPS) is 12.2. The van der Waals surface area contributed by atoms with Gasteiger partial charge in [-0.2, -0.15) is 0 Å². The van der Waals surface area contributed by atoms with Crippen molar-refractivity contribution in [2.75, 3.05) is 0 Å². The fourth-order valence-electron chi connectivity index (χ4n) is 5.58. The summed E-state index contributed by atoms with van der Waals surface area (Å²) in [4.78, 5) is 0. The quantitative estimate of drug-likeness (QED) is 0.170. The number of rotatable bonds is 5. The molecule has 186 valence electrons. The van der Waals surface area contributed by atoms with Gasteiger partial charge in [-0.05, 0) is 64.2 Å². The van der Waals surface area contributed by atoms with Crippen LogP contribution in [0.5, 0.6) is 0 Å². The van der Waals surface area contributed by atoms with Gasteiger partial charge in [-0.15, -0.1) is 0 Å². The van der Waals surface area contributed by atoms with E-state index in [9.17, 15) is 0 Å². The Morgan fingerprint density at radius 1 is 0.703 bits per heavy atom. The van der Waals surface area contributed by atoms with Gasteiger partial charge < -0.3 is 0 Å². The van der Waals surface area contributed by atoms with Gasteiger partial charge in [-0.3, -0.25) is 0 Å². The van der Waals surface area contributed by atoms with Crippen molar-refractivity contribution in [1.29, 1.82) is 0 Å². The van der Waals surface area contributed by atoms with Crippen LogP contribution in [0.25, 0.3) is 33.2 Å². The monoisotopic (exact) mass is 500 g/mol. The molecular formula is C35H38NSi+. The van der Waals surface area contributed by atoms with Crippen molar-refractivity contribution >= 4 is 24.0 Å². The molecule has 4 aromatic carbocycles. The fraction of sp³-hybridized carbons (Fsp3) is 0.229. The number of nitrogens with zero attached hydrogens (tertiary/aromatic N) is 1. The highest BCUT2D eigenvalue weighted by molar-refractivity contribution is 6.92. The summed E-state index contributed by atoms with van der Waals surface area (Å²) in [6.45, 7) is 14.4. The summed E-state index contributed by atoms with van der Waals surface area (Å²) in [5.41, 5.74) is 9.20. The highest BCUT2D eigenvalue weighted by atomic mass is 28.3. The van der Waals surface area contributed by atoms with Crippen LogP contribution < -0.4 is 9.75 Å². The number of hydrogen-bond donors (Lipinski definition) is 0. The van der Waals surface area contributed by atoms with Crippen molar-refractivity contribution in [3.63, 3.8) is 0 Å². The van der Waals surface area contributed by atoms with Crippen molar-refractivity contribution in [2.45, 2.75) is 45.8 Å². The second-order valence-corrected chi connectivity index (χ2v) is 16.6. The third-order valence-corrected chi connectivity index (χ3v) is 14.1. The molecule has 0 atom stereocenters. The van der Waals surface area contributed by atoms with Crippen LogP contribution in [-0.2, 0) is 12.1 Å². The van der Waals surface area contributed by atoms with Crippen LogP contribution in [0, 0.1) is 13.8 Å². The van der Waals surface area contributed by atoms with Gasteiger partial charge in [0.2, 0.25) is 5.69 Å². The molecule has 0 saturated heterocycles. The summed E-state index contributed by atoms with van der Waals surface area (Å²) in [6.07, 6.45) is 2.22. The Kier molecular flexibility index (Phi) is 6.41. The first-order chi connectivity index (χ1) is 17.6. The Hall–Kier alpha value is -3.49. The molecule has 0 unspecified atom stereocenters. The number of aryl methyl sites for hydroxylation is 2. The van der Waals surface area contributed by atoms with Crippen LogP contribution >= 0.6 is 0 Å². The smallest absolute Gasteiger partial charge is 0.200 e. The molecule has 0 bridgehead atoms. The number of benzene rings is 4.